The van der Waals surface area contributed by atoms with E-state index in [0.717, 1.165) is 37.9 Å². The molecule has 1 heterocycles. The molecule has 116 valence electrons. The van der Waals surface area contributed by atoms with Crippen molar-refractivity contribution in [3.8, 4) is 0 Å². The minimum Gasteiger partial charge on any atom is -0.377 e. The van der Waals surface area contributed by atoms with Crippen LogP contribution >= 0.6 is 0 Å². The van der Waals surface area contributed by atoms with E-state index in [-0.39, 0.29) is 5.60 Å². The van der Waals surface area contributed by atoms with Crippen LogP contribution in [0.2, 0.25) is 0 Å². The van der Waals surface area contributed by atoms with E-state index in [1.807, 2.05) is 25.8 Å². The minimum atomic E-state index is -0.104. The first kappa shape index (κ1) is 17.2. The molecule has 0 saturated heterocycles. The molecule has 1 rings (SSSR count). The third-order valence-electron chi connectivity index (χ3n) is 4.39. The lowest BCUT2D eigenvalue weighted by atomic mass is 9.85. The Hall–Kier alpha value is -0.870. The molecular weight excluding hydrogens is 250 g/mol. The predicted molar refractivity (Wildman–Crippen MR) is 84.1 cm³/mol. The van der Waals surface area contributed by atoms with Gasteiger partial charge >= 0.3 is 0 Å². The molecule has 0 aliphatic carbocycles. The van der Waals surface area contributed by atoms with Crippen LogP contribution in [0.25, 0.3) is 0 Å². The molecule has 1 atom stereocenters. The fourth-order valence-electron chi connectivity index (χ4n) is 3.00. The van der Waals surface area contributed by atoms with Crippen LogP contribution in [-0.4, -0.2) is 35.1 Å². The highest BCUT2D eigenvalue weighted by Gasteiger charge is 2.35. The molecule has 0 fully saturated rings. The van der Waals surface area contributed by atoms with E-state index in [0.29, 0.717) is 6.04 Å². The predicted octanol–water partition coefficient (Wildman–Crippen LogP) is 2.84. The first-order chi connectivity index (χ1) is 9.52. The van der Waals surface area contributed by atoms with Gasteiger partial charge in [0, 0.05) is 32.3 Å². The molecule has 0 bridgehead atoms. The normalized spacial score (nSPS) is 13.7. The Morgan fingerprint density at radius 1 is 1.35 bits per heavy atom. The zero-order chi connectivity index (χ0) is 15.2. The maximum Gasteiger partial charge on any atom is 0.0829 e. The summed E-state index contributed by atoms with van der Waals surface area (Å²) < 4.78 is 7.91. The number of aryl methyl sites for hydroxylation is 2. The lowest BCUT2D eigenvalue weighted by molar-refractivity contribution is -0.0475. The van der Waals surface area contributed by atoms with Crippen LogP contribution in [0, 0.1) is 6.92 Å². The van der Waals surface area contributed by atoms with Crippen LogP contribution in [0.15, 0.2) is 6.07 Å². The molecule has 0 saturated carbocycles. The second-order valence-corrected chi connectivity index (χ2v) is 5.59. The topological polar surface area (TPSA) is 39.1 Å². The van der Waals surface area contributed by atoms with E-state index >= 15 is 0 Å². The molecule has 1 aromatic heterocycles. The van der Waals surface area contributed by atoms with Crippen LogP contribution in [0.1, 0.15) is 51.4 Å². The quantitative estimate of drug-likeness (QED) is 0.756. The lowest BCUT2D eigenvalue weighted by Crippen LogP contribution is -2.53. The van der Waals surface area contributed by atoms with Gasteiger partial charge in [0.25, 0.3) is 0 Å². The van der Waals surface area contributed by atoms with E-state index in [9.17, 15) is 0 Å². The SMILES string of the molecule is CCCNC(Cc1cc(C)nn1C)C(CC)(CC)OC. The van der Waals surface area contributed by atoms with Crippen molar-refractivity contribution in [3.63, 3.8) is 0 Å². The number of aromatic nitrogens is 2. The van der Waals surface area contributed by atoms with Crippen molar-refractivity contribution in [2.75, 3.05) is 13.7 Å². The van der Waals surface area contributed by atoms with Gasteiger partial charge in [-0.1, -0.05) is 20.8 Å². The van der Waals surface area contributed by atoms with Crippen LogP contribution in [-0.2, 0) is 18.2 Å². The van der Waals surface area contributed by atoms with E-state index < -0.39 is 0 Å². The fourth-order valence-corrected chi connectivity index (χ4v) is 3.00. The van der Waals surface area contributed by atoms with Gasteiger partial charge in [-0.25, -0.2) is 0 Å². The molecule has 0 radical (unpaired) electrons. The summed E-state index contributed by atoms with van der Waals surface area (Å²) in [6, 6.07) is 2.49. The Morgan fingerprint density at radius 2 is 2.00 bits per heavy atom. The van der Waals surface area contributed by atoms with Gasteiger partial charge in [-0.05, 0) is 38.8 Å². The molecular formula is C16H31N3O. The highest BCUT2D eigenvalue weighted by atomic mass is 16.5. The second-order valence-electron chi connectivity index (χ2n) is 5.59. The van der Waals surface area contributed by atoms with Crippen LogP contribution in [0.4, 0.5) is 0 Å². The number of nitrogens with zero attached hydrogens (tertiary/aromatic N) is 2. The molecule has 1 aromatic rings. The third kappa shape index (κ3) is 3.83. The summed E-state index contributed by atoms with van der Waals surface area (Å²) in [5.41, 5.74) is 2.24. The zero-order valence-corrected chi connectivity index (χ0v) is 14.0. The lowest BCUT2D eigenvalue weighted by Gasteiger charge is -2.39. The molecule has 4 nitrogen and oxygen atoms in total. The molecule has 0 amide bonds. The molecule has 0 aromatic carbocycles. The highest BCUT2D eigenvalue weighted by molar-refractivity contribution is 5.12. The van der Waals surface area contributed by atoms with Gasteiger partial charge in [0.15, 0.2) is 0 Å². The Kier molecular flexibility index (Phi) is 6.69. The van der Waals surface area contributed by atoms with Gasteiger partial charge in [-0.2, -0.15) is 5.10 Å². The molecule has 0 spiro atoms. The standard InChI is InChI=1S/C16H31N3O/c1-7-10-17-15(16(8-2,9-3)20-6)12-14-11-13(4)18-19(14)5/h11,15,17H,7-10,12H2,1-6H3. The largest absolute Gasteiger partial charge is 0.377 e. The van der Waals surface area contributed by atoms with Crippen molar-refractivity contribution in [2.45, 2.75) is 65.0 Å². The van der Waals surface area contributed by atoms with Crippen LogP contribution in [0.5, 0.6) is 0 Å². The summed E-state index contributed by atoms with van der Waals surface area (Å²) in [6.07, 6.45) is 4.11. The number of ether oxygens (including phenoxy) is 1. The molecule has 0 aliphatic rings. The smallest absolute Gasteiger partial charge is 0.0829 e. The van der Waals surface area contributed by atoms with E-state index in [1.54, 1.807) is 0 Å². The minimum absolute atomic E-state index is 0.104. The molecule has 0 aliphatic heterocycles. The van der Waals surface area contributed by atoms with Crippen molar-refractivity contribution >= 4 is 0 Å². The van der Waals surface area contributed by atoms with Crippen molar-refractivity contribution in [1.82, 2.24) is 15.1 Å². The van der Waals surface area contributed by atoms with Crippen LogP contribution < -0.4 is 5.32 Å². The number of hydrogen-bond acceptors (Lipinski definition) is 3. The Morgan fingerprint density at radius 3 is 2.40 bits per heavy atom. The van der Waals surface area contributed by atoms with Crippen molar-refractivity contribution in [1.29, 1.82) is 0 Å². The van der Waals surface area contributed by atoms with Crippen LogP contribution in [0.3, 0.4) is 0 Å². The monoisotopic (exact) mass is 281 g/mol. The fraction of sp³-hybridized carbons (Fsp3) is 0.812. The van der Waals surface area contributed by atoms with E-state index in [2.05, 4.69) is 37.3 Å². The molecule has 1 N–H and O–H groups in total. The zero-order valence-electron chi connectivity index (χ0n) is 14.0. The summed E-state index contributed by atoms with van der Waals surface area (Å²) in [4.78, 5) is 0. The Bertz CT molecular complexity index is 388. The first-order valence-corrected chi connectivity index (χ1v) is 7.81. The molecule has 4 heteroatoms. The average molecular weight is 281 g/mol. The summed E-state index contributed by atoms with van der Waals surface area (Å²) in [5, 5.41) is 8.13. The Balaban J connectivity index is 2.96. The summed E-state index contributed by atoms with van der Waals surface area (Å²) in [7, 11) is 3.85. The van der Waals surface area contributed by atoms with Gasteiger partial charge in [-0.3, -0.25) is 4.68 Å². The van der Waals surface area contributed by atoms with Crippen molar-refractivity contribution < 1.29 is 4.74 Å². The number of rotatable bonds is 9. The van der Waals surface area contributed by atoms with Gasteiger partial charge in [0.1, 0.15) is 0 Å². The first-order valence-electron chi connectivity index (χ1n) is 7.81. The van der Waals surface area contributed by atoms with E-state index in [1.165, 1.54) is 5.69 Å². The van der Waals surface area contributed by atoms with Crippen molar-refractivity contribution in [3.05, 3.63) is 17.5 Å². The van der Waals surface area contributed by atoms with Gasteiger partial charge in [0.2, 0.25) is 0 Å². The highest BCUT2D eigenvalue weighted by Crippen LogP contribution is 2.27. The third-order valence-corrected chi connectivity index (χ3v) is 4.39. The molecule has 20 heavy (non-hydrogen) atoms. The number of nitrogens with one attached hydrogen (secondary N) is 1. The number of hydrogen-bond donors (Lipinski definition) is 1. The van der Waals surface area contributed by atoms with Gasteiger partial charge in [0.05, 0.1) is 11.3 Å². The molecule has 1 unspecified atom stereocenters. The average Bonchev–Trinajstić information content (AvgIpc) is 2.76. The van der Waals surface area contributed by atoms with Gasteiger partial charge in [-0.15, -0.1) is 0 Å². The maximum atomic E-state index is 5.92. The number of methoxy groups -OCH3 is 1. The summed E-state index contributed by atoms with van der Waals surface area (Å²) >= 11 is 0. The Labute approximate surface area is 123 Å². The summed E-state index contributed by atoms with van der Waals surface area (Å²) in [5.74, 6) is 0. The summed E-state index contributed by atoms with van der Waals surface area (Å²) in [6.45, 7) is 9.68. The van der Waals surface area contributed by atoms with Gasteiger partial charge < -0.3 is 10.1 Å². The maximum absolute atomic E-state index is 5.92. The van der Waals surface area contributed by atoms with E-state index in [4.69, 9.17) is 4.74 Å². The second kappa shape index (κ2) is 7.79. The van der Waals surface area contributed by atoms with Crippen molar-refractivity contribution in [2.24, 2.45) is 7.05 Å².